The lowest BCUT2D eigenvalue weighted by molar-refractivity contribution is 0.102. The monoisotopic (exact) mass is 397 g/mol. The molecule has 1 amide bonds. The van der Waals surface area contributed by atoms with Crippen LogP contribution in [0.3, 0.4) is 0 Å². The fraction of sp³-hybridized carbons (Fsp3) is 0.250. The zero-order valence-corrected chi connectivity index (χ0v) is 15.9. The third-order valence-corrected chi connectivity index (χ3v) is 7.15. The van der Waals surface area contributed by atoms with E-state index in [1.807, 2.05) is 0 Å². The minimum absolute atomic E-state index is 0.0620. The number of hydrogen-bond acceptors (Lipinski definition) is 6. The Balaban J connectivity index is 1.59. The van der Waals surface area contributed by atoms with Gasteiger partial charge in [-0.3, -0.25) is 9.78 Å². The number of pyridine rings is 1. The van der Waals surface area contributed by atoms with Gasteiger partial charge >= 0.3 is 0 Å². The standard InChI is InChI=1S/C20H19N3O4S/c24-19(17-13-27-20(23-17)14-6-5-11-21-12-14)22-16-9-3-4-10-18(16)28(25,26)15-7-1-2-8-15/h3-6,9-13,15H,1-2,7-8H2,(H,22,24). The highest BCUT2D eigenvalue weighted by Crippen LogP contribution is 2.33. The van der Waals surface area contributed by atoms with E-state index in [1.54, 1.807) is 42.7 Å². The van der Waals surface area contributed by atoms with Crippen molar-refractivity contribution in [1.29, 1.82) is 0 Å². The van der Waals surface area contributed by atoms with Crippen LogP contribution < -0.4 is 5.32 Å². The molecule has 144 valence electrons. The fourth-order valence-electron chi connectivity index (χ4n) is 3.38. The van der Waals surface area contributed by atoms with Gasteiger partial charge in [0.05, 0.1) is 21.4 Å². The molecule has 0 aliphatic heterocycles. The molecule has 28 heavy (non-hydrogen) atoms. The predicted molar refractivity (Wildman–Crippen MR) is 104 cm³/mol. The Morgan fingerprint density at radius 3 is 2.64 bits per heavy atom. The van der Waals surface area contributed by atoms with Crippen molar-refractivity contribution in [1.82, 2.24) is 9.97 Å². The Morgan fingerprint density at radius 2 is 1.89 bits per heavy atom. The first-order chi connectivity index (χ1) is 13.6. The third kappa shape index (κ3) is 3.55. The average Bonchev–Trinajstić information content (AvgIpc) is 3.41. The van der Waals surface area contributed by atoms with Crippen LogP contribution in [0.5, 0.6) is 0 Å². The van der Waals surface area contributed by atoms with Gasteiger partial charge in [0.1, 0.15) is 6.26 Å². The summed E-state index contributed by atoms with van der Waals surface area (Å²) in [5, 5.41) is 2.27. The van der Waals surface area contributed by atoms with E-state index in [0.717, 1.165) is 12.8 Å². The zero-order valence-electron chi connectivity index (χ0n) is 15.0. The largest absolute Gasteiger partial charge is 0.444 e. The number of hydrogen-bond donors (Lipinski definition) is 1. The highest BCUT2D eigenvalue weighted by Gasteiger charge is 2.32. The highest BCUT2D eigenvalue weighted by atomic mass is 32.2. The summed E-state index contributed by atoms with van der Waals surface area (Å²) in [5.74, 6) is -0.266. The maximum absolute atomic E-state index is 13.0. The van der Waals surface area contributed by atoms with Gasteiger partial charge in [0.15, 0.2) is 15.5 Å². The van der Waals surface area contributed by atoms with Crippen molar-refractivity contribution >= 4 is 21.4 Å². The minimum atomic E-state index is -3.50. The Labute approximate surface area is 162 Å². The molecule has 1 aliphatic carbocycles. The number of anilines is 1. The van der Waals surface area contributed by atoms with E-state index in [2.05, 4.69) is 15.3 Å². The quantitative estimate of drug-likeness (QED) is 0.704. The number of para-hydroxylation sites is 1. The van der Waals surface area contributed by atoms with Crippen LogP contribution in [0.25, 0.3) is 11.5 Å². The minimum Gasteiger partial charge on any atom is -0.444 e. The molecular formula is C20H19N3O4S. The number of carbonyl (C=O) groups excluding carboxylic acids is 1. The average molecular weight is 397 g/mol. The van der Waals surface area contributed by atoms with E-state index in [9.17, 15) is 13.2 Å². The first-order valence-electron chi connectivity index (χ1n) is 9.06. The van der Waals surface area contributed by atoms with Crippen molar-refractivity contribution in [2.45, 2.75) is 35.8 Å². The molecule has 3 aromatic rings. The first kappa shape index (κ1) is 18.4. The Morgan fingerprint density at radius 1 is 1.11 bits per heavy atom. The predicted octanol–water partition coefficient (Wildman–Crippen LogP) is 3.71. The molecule has 1 N–H and O–H groups in total. The van der Waals surface area contributed by atoms with Crippen molar-refractivity contribution in [2.24, 2.45) is 0 Å². The molecule has 0 bridgehead atoms. The van der Waals surface area contributed by atoms with E-state index in [4.69, 9.17) is 4.42 Å². The molecule has 1 fully saturated rings. The molecular weight excluding hydrogens is 378 g/mol. The number of nitrogens with one attached hydrogen (secondary N) is 1. The molecule has 1 saturated carbocycles. The number of sulfone groups is 1. The molecule has 1 aromatic carbocycles. The van der Waals surface area contributed by atoms with Crippen molar-refractivity contribution in [2.75, 3.05) is 5.32 Å². The van der Waals surface area contributed by atoms with Crippen molar-refractivity contribution in [3.8, 4) is 11.5 Å². The molecule has 4 rings (SSSR count). The molecule has 2 heterocycles. The Bertz CT molecular complexity index is 1090. The van der Waals surface area contributed by atoms with Gasteiger partial charge in [0.25, 0.3) is 5.91 Å². The number of rotatable bonds is 5. The summed E-state index contributed by atoms with van der Waals surface area (Å²) in [4.78, 5) is 20.9. The normalized spacial score (nSPS) is 14.9. The van der Waals surface area contributed by atoms with Crippen LogP contribution in [0.4, 0.5) is 5.69 Å². The number of oxazole rings is 1. The van der Waals surface area contributed by atoms with Gasteiger partial charge in [-0.1, -0.05) is 25.0 Å². The smallest absolute Gasteiger partial charge is 0.277 e. The van der Waals surface area contributed by atoms with E-state index >= 15 is 0 Å². The van der Waals surface area contributed by atoms with Crippen LogP contribution in [0.15, 0.2) is 64.4 Å². The topological polar surface area (TPSA) is 102 Å². The van der Waals surface area contributed by atoms with Crippen LogP contribution in [0, 0.1) is 0 Å². The third-order valence-electron chi connectivity index (χ3n) is 4.83. The molecule has 8 heteroatoms. The Hall–Kier alpha value is -3.00. The molecule has 7 nitrogen and oxygen atoms in total. The molecule has 0 saturated heterocycles. The van der Waals surface area contributed by atoms with Crippen LogP contribution in [-0.4, -0.2) is 29.5 Å². The molecule has 2 aromatic heterocycles. The summed E-state index contributed by atoms with van der Waals surface area (Å²) in [6, 6.07) is 9.98. The number of carbonyl (C=O) groups is 1. The van der Waals surface area contributed by atoms with Gasteiger partial charge in [-0.25, -0.2) is 13.4 Å². The lowest BCUT2D eigenvalue weighted by Gasteiger charge is -2.15. The van der Waals surface area contributed by atoms with Crippen LogP contribution in [-0.2, 0) is 9.84 Å². The number of amides is 1. The van der Waals surface area contributed by atoms with Gasteiger partial charge in [0, 0.05) is 12.4 Å². The maximum Gasteiger partial charge on any atom is 0.277 e. The SMILES string of the molecule is O=C(Nc1ccccc1S(=O)(=O)C1CCCC1)c1coc(-c2cccnc2)n1. The van der Waals surface area contributed by atoms with Crippen molar-refractivity contribution in [3.05, 3.63) is 60.7 Å². The second-order valence-corrected chi connectivity index (χ2v) is 8.88. The summed E-state index contributed by atoms with van der Waals surface area (Å²) in [5.41, 5.74) is 0.961. The van der Waals surface area contributed by atoms with Gasteiger partial charge in [-0.05, 0) is 37.1 Å². The van der Waals surface area contributed by atoms with Crippen LogP contribution in [0.2, 0.25) is 0 Å². The van der Waals surface area contributed by atoms with E-state index < -0.39 is 21.0 Å². The maximum atomic E-state index is 13.0. The summed E-state index contributed by atoms with van der Waals surface area (Å²) in [6.07, 6.45) is 7.58. The summed E-state index contributed by atoms with van der Waals surface area (Å²) < 4.78 is 31.3. The first-order valence-corrected chi connectivity index (χ1v) is 10.6. The summed E-state index contributed by atoms with van der Waals surface area (Å²) in [7, 11) is -3.50. The van der Waals surface area contributed by atoms with Crippen LogP contribution in [0.1, 0.15) is 36.2 Å². The van der Waals surface area contributed by atoms with Crippen molar-refractivity contribution < 1.29 is 17.6 Å². The molecule has 1 aliphatic rings. The summed E-state index contributed by atoms with van der Waals surface area (Å²) in [6.45, 7) is 0. The number of aromatic nitrogens is 2. The lowest BCUT2D eigenvalue weighted by atomic mass is 10.3. The molecule has 0 atom stereocenters. The molecule has 0 radical (unpaired) electrons. The van der Waals surface area contributed by atoms with Crippen molar-refractivity contribution in [3.63, 3.8) is 0 Å². The van der Waals surface area contributed by atoms with E-state index in [1.165, 1.54) is 12.3 Å². The van der Waals surface area contributed by atoms with E-state index in [-0.39, 0.29) is 22.2 Å². The van der Waals surface area contributed by atoms with Gasteiger partial charge in [-0.15, -0.1) is 0 Å². The van der Waals surface area contributed by atoms with E-state index in [0.29, 0.717) is 18.4 Å². The van der Waals surface area contributed by atoms with Gasteiger partial charge < -0.3 is 9.73 Å². The second kappa shape index (κ2) is 7.55. The Kier molecular flexibility index (Phi) is 4.95. The van der Waals surface area contributed by atoms with Gasteiger partial charge in [0.2, 0.25) is 5.89 Å². The lowest BCUT2D eigenvalue weighted by Crippen LogP contribution is -2.21. The highest BCUT2D eigenvalue weighted by molar-refractivity contribution is 7.92. The summed E-state index contributed by atoms with van der Waals surface area (Å²) >= 11 is 0. The molecule has 0 unspecified atom stereocenters. The second-order valence-electron chi connectivity index (χ2n) is 6.68. The van der Waals surface area contributed by atoms with Gasteiger partial charge in [-0.2, -0.15) is 0 Å². The number of benzene rings is 1. The zero-order chi connectivity index (χ0) is 19.6. The fourth-order valence-corrected chi connectivity index (χ4v) is 5.39. The molecule has 0 spiro atoms. The number of nitrogens with zero attached hydrogens (tertiary/aromatic N) is 2. The van der Waals surface area contributed by atoms with Crippen LogP contribution >= 0.6 is 0 Å².